The molecule has 1 aliphatic carbocycles. The average Bonchev–Trinajstić information content (AvgIpc) is 3.20. The molecule has 154 valence electrons. The number of aryl methyl sites for hydroxylation is 1. The SMILES string of the molecule is Cc1ccc(-c2csc3ncnc(SC(C)C(=O)NC4(C#N)CCCCC4)c23)cc1. The zero-order valence-corrected chi connectivity index (χ0v) is 18.8. The first-order valence-electron chi connectivity index (χ1n) is 10.2. The lowest BCUT2D eigenvalue weighted by Crippen LogP contribution is -2.50. The van der Waals surface area contributed by atoms with Gasteiger partial charge in [0.05, 0.1) is 16.7 Å². The van der Waals surface area contributed by atoms with Crippen LogP contribution in [0, 0.1) is 18.3 Å². The molecule has 2 heterocycles. The third-order valence-electron chi connectivity index (χ3n) is 5.64. The van der Waals surface area contributed by atoms with E-state index < -0.39 is 5.54 Å². The number of amides is 1. The van der Waals surface area contributed by atoms with Gasteiger partial charge in [0, 0.05) is 10.9 Å². The predicted octanol–water partition coefficient (Wildman–Crippen LogP) is 5.49. The molecule has 0 radical (unpaired) electrons. The van der Waals surface area contributed by atoms with E-state index in [2.05, 4.69) is 57.9 Å². The zero-order chi connectivity index (χ0) is 21.1. The Labute approximate surface area is 184 Å². The monoisotopic (exact) mass is 436 g/mol. The lowest BCUT2D eigenvalue weighted by Gasteiger charge is -2.32. The van der Waals surface area contributed by atoms with Gasteiger partial charge in [0.15, 0.2) is 0 Å². The summed E-state index contributed by atoms with van der Waals surface area (Å²) in [7, 11) is 0. The normalized spacial score (nSPS) is 16.7. The van der Waals surface area contributed by atoms with Gasteiger partial charge in [0.25, 0.3) is 0 Å². The van der Waals surface area contributed by atoms with E-state index in [9.17, 15) is 10.1 Å². The second kappa shape index (κ2) is 8.75. The number of fused-ring (bicyclic) bond motifs is 1. The Morgan fingerprint density at radius 2 is 1.97 bits per heavy atom. The van der Waals surface area contributed by atoms with Crippen LogP contribution in [0.5, 0.6) is 0 Å². The summed E-state index contributed by atoms with van der Waals surface area (Å²) in [6.07, 6.45) is 6.11. The minimum absolute atomic E-state index is 0.109. The minimum atomic E-state index is -0.722. The van der Waals surface area contributed by atoms with Crippen molar-refractivity contribution in [1.29, 1.82) is 5.26 Å². The van der Waals surface area contributed by atoms with Crippen molar-refractivity contribution in [3.63, 3.8) is 0 Å². The molecule has 3 aromatic rings. The molecule has 1 unspecified atom stereocenters. The van der Waals surface area contributed by atoms with Crippen molar-refractivity contribution < 1.29 is 4.79 Å². The summed E-state index contributed by atoms with van der Waals surface area (Å²) in [6, 6.07) is 10.8. The molecule has 0 aliphatic heterocycles. The van der Waals surface area contributed by atoms with Gasteiger partial charge in [0.2, 0.25) is 5.91 Å². The molecule has 30 heavy (non-hydrogen) atoms. The number of thiophene rings is 1. The number of aromatic nitrogens is 2. The summed E-state index contributed by atoms with van der Waals surface area (Å²) in [6.45, 7) is 3.94. The summed E-state index contributed by atoms with van der Waals surface area (Å²) in [5, 5.41) is 16.2. The van der Waals surface area contributed by atoms with Gasteiger partial charge in [-0.3, -0.25) is 4.79 Å². The van der Waals surface area contributed by atoms with Gasteiger partial charge in [-0.25, -0.2) is 9.97 Å². The van der Waals surface area contributed by atoms with Crippen LogP contribution in [0.4, 0.5) is 0 Å². The smallest absolute Gasteiger partial charge is 0.234 e. The van der Waals surface area contributed by atoms with E-state index in [0.29, 0.717) is 0 Å². The molecule has 0 saturated heterocycles. The standard InChI is InChI=1S/C23H24N4OS2/c1-15-6-8-17(9-7-15)18-12-29-21-19(18)22(26-14-25-21)30-16(2)20(28)27-23(13-24)10-4-3-5-11-23/h6-9,12,14,16H,3-5,10-11H2,1-2H3,(H,27,28). The maximum atomic E-state index is 12.9. The number of carbonyl (C=O) groups excluding carboxylic acids is 1. The van der Waals surface area contributed by atoms with Crippen LogP contribution >= 0.6 is 23.1 Å². The van der Waals surface area contributed by atoms with E-state index >= 15 is 0 Å². The fourth-order valence-corrected chi connectivity index (χ4v) is 5.77. The van der Waals surface area contributed by atoms with Gasteiger partial charge < -0.3 is 5.32 Å². The maximum absolute atomic E-state index is 12.9. The summed E-state index contributed by atoms with van der Waals surface area (Å²) in [4.78, 5) is 22.8. The van der Waals surface area contributed by atoms with Crippen LogP contribution in [-0.4, -0.2) is 26.7 Å². The summed E-state index contributed by atoms with van der Waals surface area (Å²) in [5.74, 6) is -0.109. The van der Waals surface area contributed by atoms with Crippen LogP contribution in [0.25, 0.3) is 21.3 Å². The summed E-state index contributed by atoms with van der Waals surface area (Å²) < 4.78 is 0. The Bertz CT molecular complexity index is 1090. The maximum Gasteiger partial charge on any atom is 0.234 e. The molecule has 5 nitrogen and oxygen atoms in total. The van der Waals surface area contributed by atoms with Crippen molar-refractivity contribution in [3.8, 4) is 17.2 Å². The molecule has 2 aromatic heterocycles. The number of hydrogen-bond donors (Lipinski definition) is 1. The predicted molar refractivity (Wildman–Crippen MR) is 122 cm³/mol. The fourth-order valence-electron chi connectivity index (χ4n) is 3.86. The van der Waals surface area contributed by atoms with E-state index in [4.69, 9.17) is 0 Å². The van der Waals surface area contributed by atoms with E-state index in [1.807, 2.05) is 6.92 Å². The van der Waals surface area contributed by atoms with E-state index in [1.165, 1.54) is 17.3 Å². The van der Waals surface area contributed by atoms with Gasteiger partial charge in [-0.1, -0.05) is 60.9 Å². The van der Waals surface area contributed by atoms with Crippen LogP contribution in [0.3, 0.4) is 0 Å². The van der Waals surface area contributed by atoms with Crippen molar-refractivity contribution in [2.75, 3.05) is 0 Å². The molecule has 1 amide bonds. The van der Waals surface area contributed by atoms with Gasteiger partial charge in [-0.2, -0.15) is 5.26 Å². The minimum Gasteiger partial charge on any atom is -0.337 e. The molecule has 1 N–H and O–H groups in total. The molecular formula is C23H24N4OS2. The number of thioether (sulfide) groups is 1. The molecule has 0 spiro atoms. The van der Waals surface area contributed by atoms with Crippen LogP contribution in [0.15, 0.2) is 41.0 Å². The molecule has 1 aromatic carbocycles. The van der Waals surface area contributed by atoms with E-state index in [1.54, 1.807) is 17.7 Å². The third kappa shape index (κ3) is 4.21. The van der Waals surface area contributed by atoms with Crippen molar-refractivity contribution in [3.05, 3.63) is 41.5 Å². The molecule has 1 aliphatic rings. The highest BCUT2D eigenvalue weighted by molar-refractivity contribution is 8.00. The molecule has 1 fully saturated rings. The van der Waals surface area contributed by atoms with Gasteiger partial charge in [0.1, 0.15) is 21.7 Å². The van der Waals surface area contributed by atoms with Gasteiger partial charge >= 0.3 is 0 Å². The molecule has 1 saturated carbocycles. The van der Waals surface area contributed by atoms with Crippen molar-refractivity contribution >= 4 is 39.2 Å². The van der Waals surface area contributed by atoms with Crippen LogP contribution in [0.1, 0.15) is 44.6 Å². The van der Waals surface area contributed by atoms with Gasteiger partial charge in [-0.05, 0) is 32.3 Å². The first kappa shape index (κ1) is 20.8. The highest BCUT2D eigenvalue weighted by Crippen LogP contribution is 2.39. The number of carbonyl (C=O) groups is 1. The molecule has 1 atom stereocenters. The van der Waals surface area contributed by atoms with Crippen molar-refractivity contribution in [1.82, 2.24) is 15.3 Å². The Kier molecular flexibility index (Phi) is 6.07. The Morgan fingerprint density at radius 3 is 2.67 bits per heavy atom. The van der Waals surface area contributed by atoms with Crippen LogP contribution in [-0.2, 0) is 4.79 Å². The third-order valence-corrected chi connectivity index (χ3v) is 7.63. The number of hydrogen-bond acceptors (Lipinski definition) is 6. The number of nitrogens with zero attached hydrogens (tertiary/aromatic N) is 3. The summed E-state index contributed by atoms with van der Waals surface area (Å²) in [5.41, 5.74) is 2.70. The number of rotatable bonds is 5. The van der Waals surface area contributed by atoms with Crippen molar-refractivity contribution in [2.24, 2.45) is 0 Å². The van der Waals surface area contributed by atoms with Crippen LogP contribution in [0.2, 0.25) is 0 Å². The van der Waals surface area contributed by atoms with E-state index in [0.717, 1.165) is 58.5 Å². The second-order valence-corrected chi connectivity index (χ2v) is 10.1. The molecular weight excluding hydrogens is 412 g/mol. The highest BCUT2D eigenvalue weighted by atomic mass is 32.2. The highest BCUT2D eigenvalue weighted by Gasteiger charge is 2.35. The largest absolute Gasteiger partial charge is 0.337 e. The Hall–Kier alpha value is -2.43. The second-order valence-electron chi connectivity index (χ2n) is 7.88. The quantitative estimate of drug-likeness (QED) is 0.423. The molecule has 4 rings (SSSR count). The zero-order valence-electron chi connectivity index (χ0n) is 17.1. The van der Waals surface area contributed by atoms with Gasteiger partial charge in [-0.15, -0.1) is 11.3 Å². The number of nitriles is 1. The lowest BCUT2D eigenvalue weighted by atomic mass is 9.83. The Balaban J connectivity index is 1.59. The summed E-state index contributed by atoms with van der Waals surface area (Å²) >= 11 is 3.02. The van der Waals surface area contributed by atoms with E-state index in [-0.39, 0.29) is 11.2 Å². The molecule has 7 heteroatoms. The number of benzene rings is 1. The first-order chi connectivity index (χ1) is 14.5. The topological polar surface area (TPSA) is 78.7 Å². The van der Waals surface area contributed by atoms with Crippen molar-refractivity contribution in [2.45, 2.75) is 61.8 Å². The first-order valence-corrected chi connectivity index (χ1v) is 12.0. The number of nitrogens with one attached hydrogen (secondary N) is 1. The average molecular weight is 437 g/mol. The van der Waals surface area contributed by atoms with Crippen LogP contribution < -0.4 is 5.32 Å². The lowest BCUT2D eigenvalue weighted by molar-refractivity contribution is -0.121. The Morgan fingerprint density at radius 1 is 1.23 bits per heavy atom. The molecule has 0 bridgehead atoms. The fraction of sp³-hybridized carbons (Fsp3) is 0.391.